The SMILES string of the molecule is CC12C=CC(=O)C(=CO)C1CC=CC2. The molecule has 2 unspecified atom stereocenters. The second-order valence-electron chi connectivity index (χ2n) is 4.25. The number of rotatable bonds is 0. The first-order chi connectivity index (χ1) is 6.67. The van der Waals surface area contributed by atoms with Crippen molar-refractivity contribution in [2.24, 2.45) is 11.3 Å². The summed E-state index contributed by atoms with van der Waals surface area (Å²) in [5.74, 6) is 0.0975. The van der Waals surface area contributed by atoms with Gasteiger partial charge in [-0.05, 0) is 24.3 Å². The van der Waals surface area contributed by atoms with Gasteiger partial charge in [-0.15, -0.1) is 0 Å². The van der Waals surface area contributed by atoms with Gasteiger partial charge in [-0.25, -0.2) is 0 Å². The summed E-state index contributed by atoms with van der Waals surface area (Å²) in [7, 11) is 0. The molecule has 0 aromatic heterocycles. The lowest BCUT2D eigenvalue weighted by atomic mass is 9.64. The first-order valence-corrected chi connectivity index (χ1v) is 4.90. The van der Waals surface area contributed by atoms with Gasteiger partial charge in [0.15, 0.2) is 5.78 Å². The molecule has 0 radical (unpaired) electrons. The molecule has 2 heteroatoms. The summed E-state index contributed by atoms with van der Waals surface area (Å²) in [4.78, 5) is 11.5. The topological polar surface area (TPSA) is 37.3 Å². The van der Waals surface area contributed by atoms with Crippen LogP contribution in [-0.4, -0.2) is 10.9 Å². The molecule has 2 aliphatic rings. The summed E-state index contributed by atoms with van der Waals surface area (Å²) >= 11 is 0. The smallest absolute Gasteiger partial charge is 0.184 e. The molecule has 0 bridgehead atoms. The number of aliphatic hydroxyl groups excluding tert-OH is 1. The average Bonchev–Trinajstić information content (AvgIpc) is 2.19. The predicted octanol–water partition coefficient (Wildman–Crippen LogP) is 2.54. The van der Waals surface area contributed by atoms with Crippen molar-refractivity contribution in [3.05, 3.63) is 36.1 Å². The molecule has 14 heavy (non-hydrogen) atoms. The fourth-order valence-corrected chi connectivity index (χ4v) is 2.34. The maximum absolute atomic E-state index is 11.5. The number of fused-ring (bicyclic) bond motifs is 1. The van der Waals surface area contributed by atoms with E-state index in [2.05, 4.69) is 19.1 Å². The summed E-state index contributed by atoms with van der Waals surface area (Å²) in [6, 6.07) is 0. The van der Waals surface area contributed by atoms with Gasteiger partial charge in [0.05, 0.1) is 6.26 Å². The van der Waals surface area contributed by atoms with Gasteiger partial charge < -0.3 is 5.11 Å². The summed E-state index contributed by atoms with van der Waals surface area (Å²) in [5.41, 5.74) is 0.566. The van der Waals surface area contributed by atoms with Gasteiger partial charge in [-0.2, -0.15) is 0 Å². The molecule has 1 N–H and O–H groups in total. The molecule has 0 aromatic carbocycles. The summed E-state index contributed by atoms with van der Waals surface area (Å²) in [6.45, 7) is 2.13. The van der Waals surface area contributed by atoms with Crippen LogP contribution in [-0.2, 0) is 4.79 Å². The maximum atomic E-state index is 11.5. The highest BCUT2D eigenvalue weighted by Crippen LogP contribution is 2.45. The van der Waals surface area contributed by atoms with Crippen LogP contribution in [0, 0.1) is 11.3 Å². The molecule has 2 rings (SSSR count). The Morgan fingerprint density at radius 2 is 2.36 bits per heavy atom. The van der Waals surface area contributed by atoms with E-state index in [0.717, 1.165) is 19.1 Å². The Hall–Kier alpha value is -1.31. The lowest BCUT2D eigenvalue weighted by Gasteiger charge is -2.39. The fourth-order valence-electron chi connectivity index (χ4n) is 2.34. The quantitative estimate of drug-likeness (QED) is 0.362. The number of ketones is 1. The van der Waals surface area contributed by atoms with Crippen LogP contribution in [0.5, 0.6) is 0 Å². The number of hydrogen-bond donors (Lipinski definition) is 1. The molecule has 0 saturated carbocycles. The molecule has 0 aromatic rings. The van der Waals surface area contributed by atoms with Crippen LogP contribution in [0.2, 0.25) is 0 Å². The van der Waals surface area contributed by atoms with Gasteiger partial charge >= 0.3 is 0 Å². The van der Waals surface area contributed by atoms with E-state index in [-0.39, 0.29) is 17.1 Å². The highest BCUT2D eigenvalue weighted by Gasteiger charge is 2.39. The van der Waals surface area contributed by atoms with Gasteiger partial charge in [0.1, 0.15) is 0 Å². The van der Waals surface area contributed by atoms with Crippen LogP contribution < -0.4 is 0 Å². The van der Waals surface area contributed by atoms with E-state index < -0.39 is 0 Å². The minimum Gasteiger partial charge on any atom is -0.515 e. The van der Waals surface area contributed by atoms with E-state index >= 15 is 0 Å². The second-order valence-corrected chi connectivity index (χ2v) is 4.25. The van der Waals surface area contributed by atoms with E-state index in [9.17, 15) is 4.79 Å². The molecule has 2 atom stereocenters. The van der Waals surface area contributed by atoms with Crippen molar-refractivity contribution in [2.45, 2.75) is 19.8 Å². The van der Waals surface area contributed by atoms with Crippen molar-refractivity contribution in [1.82, 2.24) is 0 Å². The Balaban J connectivity index is 2.46. The van der Waals surface area contributed by atoms with Crippen molar-refractivity contribution >= 4 is 5.78 Å². The number of hydrogen-bond acceptors (Lipinski definition) is 2. The van der Waals surface area contributed by atoms with Gasteiger partial charge in [0.2, 0.25) is 0 Å². The van der Waals surface area contributed by atoms with Crippen molar-refractivity contribution in [2.75, 3.05) is 0 Å². The highest BCUT2D eigenvalue weighted by molar-refractivity contribution is 6.05. The summed E-state index contributed by atoms with van der Waals surface area (Å²) in [6.07, 6.45) is 10.6. The fraction of sp³-hybridized carbons (Fsp3) is 0.417. The highest BCUT2D eigenvalue weighted by atomic mass is 16.2. The van der Waals surface area contributed by atoms with Crippen molar-refractivity contribution in [3.63, 3.8) is 0 Å². The molecule has 0 spiro atoms. The third-order valence-corrected chi connectivity index (χ3v) is 3.31. The van der Waals surface area contributed by atoms with Crippen molar-refractivity contribution < 1.29 is 9.90 Å². The number of allylic oxidation sites excluding steroid dienone is 5. The molecule has 0 heterocycles. The lowest BCUT2D eigenvalue weighted by Crippen LogP contribution is -2.34. The first kappa shape index (κ1) is 9.25. The zero-order valence-electron chi connectivity index (χ0n) is 8.23. The molecule has 0 aliphatic heterocycles. The summed E-state index contributed by atoms with van der Waals surface area (Å²) in [5, 5.41) is 9.07. The Morgan fingerprint density at radius 1 is 1.57 bits per heavy atom. The minimum absolute atomic E-state index is 0.0111. The monoisotopic (exact) mass is 190 g/mol. The molecule has 0 amide bonds. The summed E-state index contributed by atoms with van der Waals surface area (Å²) < 4.78 is 0. The number of aliphatic hydroxyl groups is 1. The molecule has 2 nitrogen and oxygen atoms in total. The molecule has 2 aliphatic carbocycles. The van der Waals surface area contributed by atoms with Crippen LogP contribution in [0.4, 0.5) is 0 Å². The van der Waals surface area contributed by atoms with Gasteiger partial charge in [-0.3, -0.25) is 4.79 Å². The number of carbonyl (C=O) groups excluding carboxylic acids is 1. The third kappa shape index (κ3) is 1.22. The van der Waals surface area contributed by atoms with Crippen LogP contribution >= 0.6 is 0 Å². The van der Waals surface area contributed by atoms with Crippen LogP contribution in [0.3, 0.4) is 0 Å². The molecule has 74 valence electrons. The van der Waals surface area contributed by atoms with E-state index in [0.29, 0.717) is 5.57 Å². The second kappa shape index (κ2) is 3.12. The molecular formula is C12H14O2. The Kier molecular flexibility index (Phi) is 2.06. The third-order valence-electron chi connectivity index (χ3n) is 3.31. The van der Waals surface area contributed by atoms with Crippen LogP contribution in [0.25, 0.3) is 0 Å². The minimum atomic E-state index is -0.0507. The van der Waals surface area contributed by atoms with Crippen molar-refractivity contribution in [1.29, 1.82) is 0 Å². The van der Waals surface area contributed by atoms with E-state index in [4.69, 9.17) is 5.11 Å². The predicted molar refractivity (Wildman–Crippen MR) is 54.8 cm³/mol. The normalized spacial score (nSPS) is 38.8. The van der Waals surface area contributed by atoms with Gasteiger partial charge in [-0.1, -0.05) is 25.2 Å². The van der Waals surface area contributed by atoms with Crippen molar-refractivity contribution in [3.8, 4) is 0 Å². The average molecular weight is 190 g/mol. The zero-order chi connectivity index (χ0) is 10.2. The van der Waals surface area contributed by atoms with E-state index in [1.165, 1.54) is 0 Å². The molecular weight excluding hydrogens is 176 g/mol. The largest absolute Gasteiger partial charge is 0.515 e. The van der Waals surface area contributed by atoms with E-state index in [1.807, 2.05) is 6.08 Å². The van der Waals surface area contributed by atoms with Gasteiger partial charge in [0.25, 0.3) is 0 Å². The Bertz CT molecular complexity index is 349. The lowest BCUT2D eigenvalue weighted by molar-refractivity contribution is -0.112. The molecule has 0 fully saturated rings. The zero-order valence-corrected chi connectivity index (χ0v) is 8.23. The standard InChI is InChI=1S/C12H14O2/c1-12-6-3-2-4-10(12)9(8-13)11(14)5-7-12/h2-3,5,7-8,10,13H,4,6H2,1H3. The number of carbonyl (C=O) groups is 1. The first-order valence-electron chi connectivity index (χ1n) is 4.90. The van der Waals surface area contributed by atoms with Crippen LogP contribution in [0.1, 0.15) is 19.8 Å². The van der Waals surface area contributed by atoms with Gasteiger partial charge in [0, 0.05) is 11.5 Å². The van der Waals surface area contributed by atoms with E-state index in [1.54, 1.807) is 6.08 Å². The molecule has 0 saturated heterocycles. The van der Waals surface area contributed by atoms with Crippen LogP contribution in [0.15, 0.2) is 36.1 Å². The maximum Gasteiger partial charge on any atom is 0.184 e. The Labute approximate surface area is 83.6 Å². The Morgan fingerprint density at radius 3 is 3.07 bits per heavy atom.